The van der Waals surface area contributed by atoms with Crippen LogP contribution in [0.1, 0.15) is 17.2 Å². The first-order valence-corrected chi connectivity index (χ1v) is 11.0. The van der Waals surface area contributed by atoms with E-state index >= 15 is 0 Å². The van der Waals surface area contributed by atoms with Crippen LogP contribution < -0.4 is 0 Å². The van der Waals surface area contributed by atoms with Gasteiger partial charge in [-0.05, 0) is 29.3 Å². The van der Waals surface area contributed by atoms with Gasteiger partial charge in [0.1, 0.15) is 5.82 Å². The summed E-state index contributed by atoms with van der Waals surface area (Å²) in [4.78, 5) is 2.36. The molecule has 1 aromatic heterocycles. The van der Waals surface area contributed by atoms with Gasteiger partial charge in [-0.1, -0.05) is 66.2 Å². The van der Waals surface area contributed by atoms with Crippen LogP contribution in [0.25, 0.3) is 22.4 Å². The van der Waals surface area contributed by atoms with Crippen molar-refractivity contribution in [2.75, 3.05) is 26.3 Å². The smallest absolute Gasteiger partial charge is 0.132 e. The highest BCUT2D eigenvalue weighted by Gasteiger charge is 2.28. The molecule has 0 aliphatic carbocycles. The summed E-state index contributed by atoms with van der Waals surface area (Å²) in [6.45, 7) is 2.92. The maximum atomic E-state index is 14.6. The third-order valence-corrected chi connectivity index (χ3v) is 6.26. The predicted octanol–water partition coefficient (Wildman–Crippen LogP) is 5.96. The molecule has 5 rings (SSSR count). The van der Waals surface area contributed by atoms with E-state index in [1.807, 2.05) is 36.5 Å². The second-order valence-electron chi connectivity index (χ2n) is 7.83. The highest BCUT2D eigenvalue weighted by Crippen LogP contribution is 2.37. The molecular weight excluding hydrogens is 425 g/mol. The second kappa shape index (κ2) is 9.25. The molecule has 0 spiro atoms. The molecule has 1 aliphatic heterocycles. The third kappa shape index (κ3) is 4.07. The standard InChI is InChI=1S/C26H23ClFN3O/c27-23-7-3-1-5-20(23)18-9-11-19(12-10-18)26(31-13-15-32-16-14-31)22-17-29-30-25(22)21-6-2-4-8-24(21)28/h1-12,17,26H,13-16H2,(H,29,30). The molecule has 162 valence electrons. The normalized spacial score (nSPS) is 15.6. The fraction of sp³-hybridized carbons (Fsp3) is 0.192. The van der Waals surface area contributed by atoms with Gasteiger partial charge in [0.05, 0.1) is 31.1 Å². The number of aromatic amines is 1. The molecule has 4 aromatic rings. The van der Waals surface area contributed by atoms with Crippen molar-refractivity contribution in [2.45, 2.75) is 6.04 Å². The summed E-state index contributed by atoms with van der Waals surface area (Å²) >= 11 is 6.40. The molecule has 0 radical (unpaired) electrons. The Morgan fingerprint density at radius 3 is 2.31 bits per heavy atom. The molecule has 1 saturated heterocycles. The molecule has 1 fully saturated rings. The van der Waals surface area contributed by atoms with E-state index in [2.05, 4.69) is 39.4 Å². The number of morpholine rings is 1. The first kappa shape index (κ1) is 20.9. The summed E-state index contributed by atoms with van der Waals surface area (Å²) in [5.41, 5.74) is 5.34. The minimum Gasteiger partial charge on any atom is -0.379 e. The predicted molar refractivity (Wildman–Crippen MR) is 125 cm³/mol. The number of H-pyrrole nitrogens is 1. The average Bonchev–Trinajstić information content (AvgIpc) is 3.30. The Balaban J connectivity index is 1.57. The minimum absolute atomic E-state index is 0.0763. The molecule has 2 heterocycles. The summed E-state index contributed by atoms with van der Waals surface area (Å²) < 4.78 is 20.2. The van der Waals surface area contributed by atoms with Crippen molar-refractivity contribution in [1.82, 2.24) is 15.1 Å². The summed E-state index contributed by atoms with van der Waals surface area (Å²) in [6.07, 6.45) is 1.81. The zero-order chi connectivity index (χ0) is 21.9. The lowest BCUT2D eigenvalue weighted by Gasteiger charge is -2.35. The Labute approximate surface area is 191 Å². The van der Waals surface area contributed by atoms with Crippen LogP contribution in [0, 0.1) is 5.82 Å². The van der Waals surface area contributed by atoms with E-state index in [4.69, 9.17) is 16.3 Å². The number of nitrogens with zero attached hydrogens (tertiary/aromatic N) is 2. The first-order chi connectivity index (χ1) is 15.7. The van der Waals surface area contributed by atoms with E-state index in [1.54, 1.807) is 12.1 Å². The van der Waals surface area contributed by atoms with Crippen molar-refractivity contribution in [3.8, 4) is 22.4 Å². The fourth-order valence-electron chi connectivity index (χ4n) is 4.35. The number of rotatable bonds is 5. The van der Waals surface area contributed by atoms with Crippen molar-refractivity contribution in [2.24, 2.45) is 0 Å². The Kier molecular flexibility index (Phi) is 6.04. The van der Waals surface area contributed by atoms with Crippen LogP contribution in [0.4, 0.5) is 4.39 Å². The van der Waals surface area contributed by atoms with E-state index < -0.39 is 0 Å². The van der Waals surface area contributed by atoms with E-state index in [0.717, 1.165) is 40.4 Å². The van der Waals surface area contributed by atoms with Crippen molar-refractivity contribution >= 4 is 11.6 Å². The molecule has 32 heavy (non-hydrogen) atoms. The topological polar surface area (TPSA) is 41.2 Å². The summed E-state index contributed by atoms with van der Waals surface area (Å²) in [6, 6.07) is 23.0. The Bertz CT molecular complexity index is 1200. The van der Waals surface area contributed by atoms with Crippen molar-refractivity contribution in [1.29, 1.82) is 0 Å². The van der Waals surface area contributed by atoms with Crippen LogP contribution in [0.15, 0.2) is 79.0 Å². The second-order valence-corrected chi connectivity index (χ2v) is 8.24. The van der Waals surface area contributed by atoms with Crippen molar-refractivity contribution in [3.63, 3.8) is 0 Å². The number of hydrogen-bond donors (Lipinski definition) is 1. The number of aromatic nitrogens is 2. The first-order valence-electron chi connectivity index (χ1n) is 10.7. The quantitative estimate of drug-likeness (QED) is 0.410. The number of ether oxygens (including phenoxy) is 1. The van der Waals surface area contributed by atoms with Crippen LogP contribution in [0.5, 0.6) is 0 Å². The van der Waals surface area contributed by atoms with Crippen LogP contribution >= 0.6 is 11.6 Å². The Hall–Kier alpha value is -2.99. The maximum absolute atomic E-state index is 14.6. The van der Waals surface area contributed by atoms with Crippen molar-refractivity contribution < 1.29 is 9.13 Å². The largest absolute Gasteiger partial charge is 0.379 e. The lowest BCUT2D eigenvalue weighted by atomic mass is 9.93. The van der Waals surface area contributed by atoms with Gasteiger partial charge in [0.2, 0.25) is 0 Å². The molecule has 0 bridgehead atoms. The van der Waals surface area contributed by atoms with Crippen LogP contribution in [0.2, 0.25) is 5.02 Å². The lowest BCUT2D eigenvalue weighted by molar-refractivity contribution is 0.0240. The van der Waals surface area contributed by atoms with Gasteiger partial charge in [-0.3, -0.25) is 10.00 Å². The van der Waals surface area contributed by atoms with Gasteiger partial charge in [0.15, 0.2) is 0 Å². The molecule has 3 aromatic carbocycles. The van der Waals surface area contributed by atoms with E-state index in [-0.39, 0.29) is 11.9 Å². The summed E-state index contributed by atoms with van der Waals surface area (Å²) in [5, 5.41) is 8.05. The van der Waals surface area contributed by atoms with Gasteiger partial charge in [0, 0.05) is 34.8 Å². The third-order valence-electron chi connectivity index (χ3n) is 5.93. The molecule has 1 aliphatic rings. The molecular formula is C26H23ClFN3O. The van der Waals surface area contributed by atoms with E-state index in [9.17, 15) is 4.39 Å². The number of nitrogens with one attached hydrogen (secondary N) is 1. The van der Waals surface area contributed by atoms with Gasteiger partial charge in [0.25, 0.3) is 0 Å². The lowest BCUT2D eigenvalue weighted by Crippen LogP contribution is -2.39. The fourth-order valence-corrected chi connectivity index (χ4v) is 4.59. The Morgan fingerprint density at radius 1 is 0.906 bits per heavy atom. The van der Waals surface area contributed by atoms with E-state index in [0.29, 0.717) is 24.5 Å². The van der Waals surface area contributed by atoms with Gasteiger partial charge in [-0.25, -0.2) is 4.39 Å². The monoisotopic (exact) mass is 447 g/mol. The molecule has 1 unspecified atom stereocenters. The van der Waals surface area contributed by atoms with Gasteiger partial charge < -0.3 is 4.74 Å². The molecule has 0 saturated carbocycles. The zero-order valence-electron chi connectivity index (χ0n) is 17.5. The van der Waals surface area contributed by atoms with Crippen LogP contribution in [0.3, 0.4) is 0 Å². The summed E-state index contributed by atoms with van der Waals surface area (Å²) in [7, 11) is 0. The molecule has 1 atom stereocenters. The molecule has 4 nitrogen and oxygen atoms in total. The highest BCUT2D eigenvalue weighted by atomic mass is 35.5. The minimum atomic E-state index is -0.271. The maximum Gasteiger partial charge on any atom is 0.132 e. The highest BCUT2D eigenvalue weighted by molar-refractivity contribution is 6.33. The average molecular weight is 448 g/mol. The van der Waals surface area contributed by atoms with Crippen LogP contribution in [-0.2, 0) is 4.74 Å². The zero-order valence-corrected chi connectivity index (χ0v) is 18.2. The number of hydrogen-bond acceptors (Lipinski definition) is 3. The Morgan fingerprint density at radius 2 is 1.59 bits per heavy atom. The van der Waals surface area contributed by atoms with E-state index in [1.165, 1.54) is 6.07 Å². The van der Waals surface area contributed by atoms with Crippen molar-refractivity contribution in [3.05, 3.63) is 101 Å². The van der Waals surface area contributed by atoms with Gasteiger partial charge in [-0.15, -0.1) is 0 Å². The number of halogens is 2. The molecule has 6 heteroatoms. The van der Waals surface area contributed by atoms with Gasteiger partial charge >= 0.3 is 0 Å². The molecule has 1 N–H and O–H groups in total. The number of benzene rings is 3. The molecule has 0 amide bonds. The summed E-state index contributed by atoms with van der Waals surface area (Å²) in [5.74, 6) is -0.271. The van der Waals surface area contributed by atoms with Crippen LogP contribution in [-0.4, -0.2) is 41.4 Å². The SMILES string of the molecule is Fc1ccccc1-c1[nH]ncc1C(c1ccc(-c2ccccc2Cl)cc1)N1CCOCC1. The van der Waals surface area contributed by atoms with Gasteiger partial charge in [-0.2, -0.15) is 5.10 Å².